The highest BCUT2D eigenvalue weighted by Crippen LogP contribution is 2.38. The lowest BCUT2D eigenvalue weighted by Gasteiger charge is -2.39. The van der Waals surface area contributed by atoms with E-state index in [0.29, 0.717) is 12.1 Å². The van der Waals surface area contributed by atoms with Crippen molar-refractivity contribution in [2.75, 3.05) is 18.1 Å². The average molecular weight is 302 g/mol. The molecule has 1 N–H and O–H groups in total. The van der Waals surface area contributed by atoms with Crippen molar-refractivity contribution in [1.82, 2.24) is 5.32 Å². The fourth-order valence-corrected chi connectivity index (χ4v) is 4.71. The molecule has 1 aromatic carbocycles. The van der Waals surface area contributed by atoms with Gasteiger partial charge in [0.25, 0.3) is 0 Å². The van der Waals surface area contributed by atoms with Crippen LogP contribution >= 0.6 is 11.8 Å². The monoisotopic (exact) mass is 302 g/mol. The first-order chi connectivity index (χ1) is 10.2. The van der Waals surface area contributed by atoms with E-state index in [4.69, 9.17) is 10.00 Å². The predicted octanol–water partition coefficient (Wildman–Crippen LogP) is 3.26. The Morgan fingerprint density at radius 2 is 2.24 bits per heavy atom. The van der Waals surface area contributed by atoms with E-state index in [-0.39, 0.29) is 5.60 Å². The van der Waals surface area contributed by atoms with E-state index < -0.39 is 0 Å². The van der Waals surface area contributed by atoms with Crippen LogP contribution in [0, 0.1) is 11.3 Å². The molecule has 0 bridgehead atoms. The highest BCUT2D eigenvalue weighted by atomic mass is 32.2. The summed E-state index contributed by atoms with van der Waals surface area (Å²) in [5, 5.41) is 12.6. The third-order valence-corrected chi connectivity index (χ3v) is 5.81. The first kappa shape index (κ1) is 14.9. The number of thioether (sulfide) groups is 1. The summed E-state index contributed by atoms with van der Waals surface area (Å²) in [5.74, 6) is 2.38. The first-order valence-electron chi connectivity index (χ1n) is 7.69. The molecule has 0 amide bonds. The van der Waals surface area contributed by atoms with Gasteiger partial charge in [-0.25, -0.2) is 0 Å². The second-order valence-corrected chi connectivity index (χ2v) is 7.25. The summed E-state index contributed by atoms with van der Waals surface area (Å²) in [5.41, 5.74) is 2.10. The van der Waals surface area contributed by atoms with Crippen LogP contribution in [-0.4, -0.2) is 29.8 Å². The second kappa shape index (κ2) is 6.39. The number of nitriles is 1. The van der Waals surface area contributed by atoms with Gasteiger partial charge in [0.15, 0.2) is 0 Å². The van der Waals surface area contributed by atoms with Crippen LogP contribution in [0.2, 0.25) is 0 Å². The minimum atomic E-state index is 0.130. The van der Waals surface area contributed by atoms with Gasteiger partial charge in [0.1, 0.15) is 0 Å². The van der Waals surface area contributed by atoms with Crippen molar-refractivity contribution in [3.63, 3.8) is 0 Å². The Morgan fingerprint density at radius 3 is 2.90 bits per heavy atom. The van der Waals surface area contributed by atoms with Crippen molar-refractivity contribution in [1.29, 1.82) is 5.26 Å². The molecule has 2 saturated heterocycles. The van der Waals surface area contributed by atoms with Gasteiger partial charge in [0.05, 0.1) is 17.2 Å². The van der Waals surface area contributed by atoms with E-state index in [1.807, 2.05) is 23.9 Å². The smallest absolute Gasteiger partial charge is 0.0991 e. The highest BCUT2D eigenvalue weighted by molar-refractivity contribution is 7.99. The van der Waals surface area contributed by atoms with Crippen LogP contribution < -0.4 is 5.32 Å². The molecule has 2 aliphatic rings. The van der Waals surface area contributed by atoms with Gasteiger partial charge in [-0.15, -0.1) is 0 Å². The molecule has 3 nitrogen and oxygen atoms in total. The fourth-order valence-electron chi connectivity index (χ4n) is 3.33. The van der Waals surface area contributed by atoms with Crippen LogP contribution in [0.15, 0.2) is 24.3 Å². The topological polar surface area (TPSA) is 45.0 Å². The van der Waals surface area contributed by atoms with Gasteiger partial charge in [0.2, 0.25) is 0 Å². The molecule has 2 heterocycles. The average Bonchev–Trinajstić information content (AvgIpc) is 2.95. The summed E-state index contributed by atoms with van der Waals surface area (Å²) in [6.45, 7) is 3.07. The summed E-state index contributed by atoms with van der Waals surface area (Å²) >= 11 is 2.02. The Labute approximate surface area is 131 Å². The number of ether oxygens (including phenoxy) is 1. The van der Waals surface area contributed by atoms with Gasteiger partial charge < -0.3 is 10.1 Å². The van der Waals surface area contributed by atoms with Crippen LogP contribution in [0.25, 0.3) is 0 Å². The van der Waals surface area contributed by atoms with Crippen molar-refractivity contribution in [2.45, 2.75) is 43.9 Å². The number of hydrogen-bond donors (Lipinski definition) is 1. The van der Waals surface area contributed by atoms with Crippen LogP contribution in [0.4, 0.5) is 0 Å². The summed E-state index contributed by atoms with van der Waals surface area (Å²) in [4.78, 5) is 0. The zero-order valence-corrected chi connectivity index (χ0v) is 13.3. The van der Waals surface area contributed by atoms with E-state index in [0.717, 1.165) is 30.8 Å². The molecule has 2 aliphatic heterocycles. The number of rotatable bonds is 3. The quantitative estimate of drug-likeness (QED) is 0.931. The molecule has 21 heavy (non-hydrogen) atoms. The molecule has 2 fully saturated rings. The third kappa shape index (κ3) is 3.42. The van der Waals surface area contributed by atoms with Crippen LogP contribution in [-0.2, 0) is 4.74 Å². The normalized spacial score (nSPS) is 30.2. The number of nitrogens with zero attached hydrogens (tertiary/aromatic N) is 1. The summed E-state index contributed by atoms with van der Waals surface area (Å²) in [7, 11) is 0. The Balaban J connectivity index is 1.61. The summed E-state index contributed by atoms with van der Waals surface area (Å²) in [6, 6.07) is 10.9. The molecule has 0 aromatic heterocycles. The summed E-state index contributed by atoms with van der Waals surface area (Å²) in [6.07, 6.45) is 3.41. The van der Waals surface area contributed by atoms with E-state index in [9.17, 15) is 0 Å². The van der Waals surface area contributed by atoms with Crippen molar-refractivity contribution < 1.29 is 4.74 Å². The van der Waals surface area contributed by atoms with Gasteiger partial charge in [-0.2, -0.15) is 17.0 Å². The van der Waals surface area contributed by atoms with Gasteiger partial charge in [0, 0.05) is 24.4 Å². The second-order valence-electron chi connectivity index (χ2n) is 6.15. The zero-order valence-electron chi connectivity index (χ0n) is 12.5. The van der Waals surface area contributed by atoms with Crippen molar-refractivity contribution >= 4 is 11.8 Å². The fraction of sp³-hybridized carbons (Fsp3) is 0.588. The van der Waals surface area contributed by atoms with Crippen LogP contribution in [0.5, 0.6) is 0 Å². The van der Waals surface area contributed by atoms with E-state index in [2.05, 4.69) is 30.4 Å². The van der Waals surface area contributed by atoms with E-state index >= 15 is 0 Å². The Hall–Kier alpha value is -1.02. The number of nitrogens with one attached hydrogen (secondary N) is 1. The molecular weight excluding hydrogens is 280 g/mol. The van der Waals surface area contributed by atoms with Crippen LogP contribution in [0.1, 0.15) is 43.4 Å². The molecule has 1 spiro atoms. The number of hydrogen-bond acceptors (Lipinski definition) is 4. The minimum Gasteiger partial charge on any atom is -0.374 e. The zero-order chi connectivity index (χ0) is 14.7. The van der Waals surface area contributed by atoms with Gasteiger partial charge in [-0.05, 0) is 49.6 Å². The standard InChI is InChI=1S/C17H22N2OS/c1-13(15-4-2-14(11-18)3-5-15)19-16-6-8-20-17(10-16)7-9-21-12-17/h2-5,13,16,19H,6-10,12H2,1H3. The third-order valence-electron chi connectivity index (χ3n) is 4.59. The summed E-state index contributed by atoms with van der Waals surface area (Å²) < 4.78 is 6.08. The Bertz CT molecular complexity index is 517. The molecule has 112 valence electrons. The predicted molar refractivity (Wildman–Crippen MR) is 86.4 cm³/mol. The van der Waals surface area contributed by atoms with E-state index in [1.165, 1.54) is 17.7 Å². The maximum Gasteiger partial charge on any atom is 0.0991 e. The molecule has 4 heteroatoms. The number of benzene rings is 1. The maximum absolute atomic E-state index is 8.86. The van der Waals surface area contributed by atoms with Crippen molar-refractivity contribution in [3.05, 3.63) is 35.4 Å². The lowest BCUT2D eigenvalue weighted by molar-refractivity contribution is -0.0711. The lowest BCUT2D eigenvalue weighted by Crippen LogP contribution is -2.47. The van der Waals surface area contributed by atoms with Gasteiger partial charge in [-0.1, -0.05) is 12.1 Å². The molecule has 0 aliphatic carbocycles. The molecule has 3 unspecified atom stereocenters. The molecule has 0 saturated carbocycles. The van der Waals surface area contributed by atoms with Crippen LogP contribution in [0.3, 0.4) is 0 Å². The largest absolute Gasteiger partial charge is 0.374 e. The SMILES string of the molecule is CC(NC1CCOC2(CCSC2)C1)c1ccc(C#N)cc1. The first-order valence-corrected chi connectivity index (χ1v) is 8.84. The highest BCUT2D eigenvalue weighted by Gasteiger charge is 2.40. The molecule has 1 aromatic rings. The van der Waals surface area contributed by atoms with E-state index in [1.54, 1.807) is 0 Å². The maximum atomic E-state index is 8.86. The molecule has 3 atom stereocenters. The van der Waals surface area contributed by atoms with Crippen molar-refractivity contribution in [2.24, 2.45) is 0 Å². The Morgan fingerprint density at radius 1 is 1.43 bits per heavy atom. The van der Waals surface area contributed by atoms with Crippen molar-refractivity contribution in [3.8, 4) is 6.07 Å². The molecule has 3 rings (SSSR count). The molecule has 0 radical (unpaired) electrons. The minimum absolute atomic E-state index is 0.130. The van der Waals surface area contributed by atoms with Gasteiger partial charge in [-0.3, -0.25) is 0 Å². The lowest BCUT2D eigenvalue weighted by atomic mass is 9.89. The van der Waals surface area contributed by atoms with Gasteiger partial charge >= 0.3 is 0 Å². The molecular formula is C17H22N2OS. The Kier molecular flexibility index (Phi) is 4.54.